The third kappa shape index (κ3) is 5.47. The maximum absolute atomic E-state index is 13.8. The molecular weight excluding hydrogens is 486 g/mol. The SMILES string of the molecule is COc1cccc(C(=O)Nc2cccc(C3OC(=O)N(Cc4ccccc4)C3C(=O)N3CCOCC3)c2)c1. The molecule has 0 aromatic heterocycles. The van der Waals surface area contributed by atoms with E-state index in [1.165, 1.54) is 4.90 Å². The van der Waals surface area contributed by atoms with E-state index in [4.69, 9.17) is 14.2 Å². The summed E-state index contributed by atoms with van der Waals surface area (Å²) in [6.45, 7) is 2.03. The van der Waals surface area contributed by atoms with E-state index in [0.717, 1.165) is 5.56 Å². The fraction of sp³-hybridized carbons (Fsp3) is 0.276. The van der Waals surface area contributed by atoms with E-state index in [9.17, 15) is 14.4 Å². The van der Waals surface area contributed by atoms with Crippen molar-refractivity contribution in [3.8, 4) is 5.75 Å². The minimum Gasteiger partial charge on any atom is -0.497 e. The van der Waals surface area contributed by atoms with E-state index < -0.39 is 18.2 Å². The summed E-state index contributed by atoms with van der Waals surface area (Å²) >= 11 is 0. The Morgan fingerprint density at radius 3 is 2.50 bits per heavy atom. The van der Waals surface area contributed by atoms with Crippen LogP contribution in [0.25, 0.3) is 0 Å². The van der Waals surface area contributed by atoms with Gasteiger partial charge in [0.1, 0.15) is 5.75 Å². The zero-order chi connectivity index (χ0) is 26.5. The van der Waals surface area contributed by atoms with E-state index in [2.05, 4.69) is 5.32 Å². The highest BCUT2D eigenvalue weighted by molar-refractivity contribution is 6.04. The lowest BCUT2D eigenvalue weighted by Gasteiger charge is -2.33. The molecule has 2 heterocycles. The smallest absolute Gasteiger partial charge is 0.411 e. The Bertz CT molecular complexity index is 1310. The first-order chi connectivity index (χ1) is 18.5. The number of hydrogen-bond acceptors (Lipinski definition) is 6. The molecule has 3 aromatic carbocycles. The molecule has 2 aliphatic rings. The molecule has 3 aromatic rings. The van der Waals surface area contributed by atoms with E-state index in [1.54, 1.807) is 60.5 Å². The van der Waals surface area contributed by atoms with Gasteiger partial charge in [0.2, 0.25) is 5.91 Å². The average molecular weight is 516 g/mol. The quantitative estimate of drug-likeness (QED) is 0.513. The van der Waals surface area contributed by atoms with Crippen LogP contribution >= 0.6 is 0 Å². The van der Waals surface area contributed by atoms with E-state index in [1.807, 2.05) is 30.3 Å². The zero-order valence-corrected chi connectivity index (χ0v) is 21.0. The van der Waals surface area contributed by atoms with Gasteiger partial charge in [-0.3, -0.25) is 14.5 Å². The molecule has 38 heavy (non-hydrogen) atoms. The highest BCUT2D eigenvalue weighted by atomic mass is 16.6. The Balaban J connectivity index is 1.42. The summed E-state index contributed by atoms with van der Waals surface area (Å²) in [6, 6.07) is 22.5. The number of carbonyl (C=O) groups excluding carboxylic acids is 3. The summed E-state index contributed by atoms with van der Waals surface area (Å²) in [5, 5.41) is 2.88. The number of benzene rings is 3. The number of morpholine rings is 1. The first-order valence-corrected chi connectivity index (χ1v) is 12.5. The van der Waals surface area contributed by atoms with Gasteiger partial charge in [-0.2, -0.15) is 0 Å². The molecule has 5 rings (SSSR count). The minimum absolute atomic E-state index is 0.189. The molecule has 9 nitrogen and oxygen atoms in total. The van der Waals surface area contributed by atoms with Crippen LogP contribution in [0, 0.1) is 0 Å². The Labute approximate surface area is 220 Å². The zero-order valence-electron chi connectivity index (χ0n) is 21.0. The molecule has 2 saturated heterocycles. The molecule has 2 atom stereocenters. The van der Waals surface area contributed by atoms with Crippen molar-refractivity contribution in [2.45, 2.75) is 18.7 Å². The van der Waals surface area contributed by atoms with Crippen molar-refractivity contribution in [2.24, 2.45) is 0 Å². The summed E-state index contributed by atoms with van der Waals surface area (Å²) < 4.78 is 16.4. The summed E-state index contributed by atoms with van der Waals surface area (Å²) in [5.74, 6) is 0.0780. The van der Waals surface area contributed by atoms with Gasteiger partial charge in [0.05, 0.1) is 26.9 Å². The molecule has 196 valence electrons. The number of carbonyl (C=O) groups is 3. The number of amides is 3. The van der Waals surface area contributed by atoms with Crippen molar-refractivity contribution in [3.05, 3.63) is 95.6 Å². The maximum atomic E-state index is 13.8. The molecule has 3 amide bonds. The normalized spacial score (nSPS) is 19.1. The second-order valence-corrected chi connectivity index (χ2v) is 9.11. The molecule has 2 unspecified atom stereocenters. The van der Waals surface area contributed by atoms with Crippen molar-refractivity contribution in [1.29, 1.82) is 0 Å². The second-order valence-electron chi connectivity index (χ2n) is 9.11. The summed E-state index contributed by atoms with van der Waals surface area (Å²) in [6.07, 6.45) is -1.40. The number of anilines is 1. The Morgan fingerprint density at radius 2 is 1.74 bits per heavy atom. The van der Waals surface area contributed by atoms with Crippen LogP contribution in [0.5, 0.6) is 5.75 Å². The molecule has 2 aliphatic heterocycles. The Morgan fingerprint density at radius 1 is 0.974 bits per heavy atom. The van der Waals surface area contributed by atoms with Gasteiger partial charge in [0.15, 0.2) is 12.1 Å². The molecule has 1 N–H and O–H groups in total. The topological polar surface area (TPSA) is 97.4 Å². The number of nitrogens with one attached hydrogen (secondary N) is 1. The van der Waals surface area contributed by atoms with Crippen molar-refractivity contribution in [2.75, 3.05) is 38.7 Å². The number of rotatable bonds is 7. The predicted octanol–water partition coefficient (Wildman–Crippen LogP) is 3.87. The van der Waals surface area contributed by atoms with Gasteiger partial charge in [-0.05, 0) is 41.5 Å². The minimum atomic E-state index is -0.856. The molecule has 0 radical (unpaired) electrons. The molecule has 2 fully saturated rings. The van der Waals surface area contributed by atoms with Gasteiger partial charge >= 0.3 is 6.09 Å². The second kappa shape index (κ2) is 11.4. The Kier molecular flexibility index (Phi) is 7.55. The van der Waals surface area contributed by atoms with E-state index in [0.29, 0.717) is 48.9 Å². The predicted molar refractivity (Wildman–Crippen MR) is 140 cm³/mol. The van der Waals surface area contributed by atoms with Crippen LogP contribution in [-0.4, -0.2) is 67.2 Å². The average Bonchev–Trinajstić information content (AvgIpc) is 3.29. The van der Waals surface area contributed by atoms with Crippen molar-refractivity contribution >= 4 is 23.6 Å². The highest BCUT2D eigenvalue weighted by Gasteiger charge is 2.48. The lowest BCUT2D eigenvalue weighted by molar-refractivity contribution is -0.141. The highest BCUT2D eigenvalue weighted by Crippen LogP contribution is 2.36. The van der Waals surface area contributed by atoms with Gasteiger partial charge in [-0.25, -0.2) is 4.79 Å². The van der Waals surface area contributed by atoms with Gasteiger partial charge in [0.25, 0.3) is 5.91 Å². The third-order valence-electron chi connectivity index (χ3n) is 6.66. The fourth-order valence-corrected chi connectivity index (χ4v) is 4.71. The molecule has 0 aliphatic carbocycles. The standard InChI is InChI=1S/C29H29N3O6/c1-36-24-12-6-10-22(18-24)27(33)30-23-11-5-9-21(17-23)26-25(28(34)31-13-15-37-16-14-31)32(29(35)38-26)19-20-7-3-2-4-8-20/h2-12,17-18,25-26H,13-16,19H2,1H3,(H,30,33). The molecule has 9 heteroatoms. The number of ether oxygens (including phenoxy) is 3. The fourth-order valence-electron chi connectivity index (χ4n) is 4.71. The Hall–Kier alpha value is -4.37. The third-order valence-corrected chi connectivity index (χ3v) is 6.66. The van der Waals surface area contributed by atoms with Crippen LogP contribution in [0.15, 0.2) is 78.9 Å². The van der Waals surface area contributed by atoms with Crippen LogP contribution in [0.4, 0.5) is 10.5 Å². The first kappa shape index (κ1) is 25.3. The van der Waals surface area contributed by atoms with E-state index in [-0.39, 0.29) is 18.4 Å². The summed E-state index contributed by atoms with van der Waals surface area (Å²) in [7, 11) is 1.54. The van der Waals surface area contributed by atoms with Crippen molar-refractivity contribution in [1.82, 2.24) is 9.80 Å². The number of hydrogen-bond donors (Lipinski definition) is 1. The van der Waals surface area contributed by atoms with Gasteiger partial charge in [-0.1, -0.05) is 48.5 Å². The monoisotopic (exact) mass is 515 g/mol. The van der Waals surface area contributed by atoms with E-state index >= 15 is 0 Å². The maximum Gasteiger partial charge on any atom is 0.411 e. The van der Waals surface area contributed by atoms with Crippen molar-refractivity contribution in [3.63, 3.8) is 0 Å². The molecule has 0 spiro atoms. The van der Waals surface area contributed by atoms with Gasteiger partial charge in [-0.15, -0.1) is 0 Å². The lowest BCUT2D eigenvalue weighted by atomic mass is 9.99. The number of methoxy groups -OCH3 is 1. The van der Waals surface area contributed by atoms with Crippen LogP contribution < -0.4 is 10.1 Å². The van der Waals surface area contributed by atoms with Gasteiger partial charge < -0.3 is 24.4 Å². The molecule has 0 saturated carbocycles. The van der Waals surface area contributed by atoms with Crippen LogP contribution in [-0.2, 0) is 20.8 Å². The molecule has 0 bridgehead atoms. The van der Waals surface area contributed by atoms with Crippen LogP contribution in [0.1, 0.15) is 27.6 Å². The van der Waals surface area contributed by atoms with Crippen LogP contribution in [0.3, 0.4) is 0 Å². The summed E-state index contributed by atoms with van der Waals surface area (Å²) in [4.78, 5) is 42.9. The number of nitrogens with zero attached hydrogens (tertiary/aromatic N) is 2. The number of cyclic esters (lactones) is 1. The van der Waals surface area contributed by atoms with Gasteiger partial charge in [0, 0.05) is 24.3 Å². The van der Waals surface area contributed by atoms with Crippen LogP contribution in [0.2, 0.25) is 0 Å². The molecular formula is C29H29N3O6. The summed E-state index contributed by atoms with van der Waals surface area (Å²) in [5.41, 5.74) is 2.47. The van der Waals surface area contributed by atoms with Crippen molar-refractivity contribution < 1.29 is 28.6 Å². The first-order valence-electron chi connectivity index (χ1n) is 12.5. The lowest BCUT2D eigenvalue weighted by Crippen LogP contribution is -2.51. The largest absolute Gasteiger partial charge is 0.497 e.